The zero-order chi connectivity index (χ0) is 21.6. The van der Waals surface area contributed by atoms with Crippen LogP contribution >= 0.6 is 0 Å². The molecule has 2 aromatic carbocycles. The van der Waals surface area contributed by atoms with Gasteiger partial charge in [-0.1, -0.05) is 56.2 Å². The summed E-state index contributed by atoms with van der Waals surface area (Å²) < 4.78 is 27.8. The molecule has 0 saturated heterocycles. The molecule has 0 radical (unpaired) electrons. The number of rotatable bonds is 7. The van der Waals surface area contributed by atoms with Gasteiger partial charge in [0, 0.05) is 12.1 Å². The molecular formula is C24H32N2O3S. The maximum absolute atomic E-state index is 12.6. The number of aryl methyl sites for hydroxylation is 2. The molecule has 1 aliphatic rings. The Morgan fingerprint density at radius 2 is 1.63 bits per heavy atom. The Balaban J connectivity index is 1.58. The Hall–Kier alpha value is -2.34. The number of nitrogens with one attached hydrogen (secondary N) is 2. The summed E-state index contributed by atoms with van der Waals surface area (Å²) in [5, 5.41) is 3.02. The minimum absolute atomic E-state index is 0.111. The fourth-order valence-electron chi connectivity index (χ4n) is 3.99. The van der Waals surface area contributed by atoms with Crippen molar-refractivity contribution in [1.29, 1.82) is 0 Å². The third-order valence-electron chi connectivity index (χ3n) is 5.88. The minimum atomic E-state index is -3.67. The van der Waals surface area contributed by atoms with Crippen molar-refractivity contribution in [2.24, 2.45) is 5.92 Å². The van der Waals surface area contributed by atoms with Gasteiger partial charge >= 0.3 is 0 Å². The average Bonchev–Trinajstić information content (AvgIpc) is 2.98. The number of hydrogen-bond acceptors (Lipinski definition) is 3. The maximum atomic E-state index is 12.6. The van der Waals surface area contributed by atoms with E-state index in [1.165, 1.54) is 38.5 Å². The molecule has 1 saturated carbocycles. The molecule has 3 rings (SSSR count). The van der Waals surface area contributed by atoms with Gasteiger partial charge in [-0.15, -0.1) is 0 Å². The molecule has 0 unspecified atom stereocenters. The van der Waals surface area contributed by atoms with Crippen LogP contribution in [-0.2, 0) is 10.0 Å². The molecule has 1 aliphatic carbocycles. The zero-order valence-electron chi connectivity index (χ0n) is 17.9. The van der Waals surface area contributed by atoms with Crippen LogP contribution in [0.3, 0.4) is 0 Å². The van der Waals surface area contributed by atoms with E-state index < -0.39 is 10.0 Å². The van der Waals surface area contributed by atoms with Crippen molar-refractivity contribution in [3.05, 3.63) is 59.2 Å². The van der Waals surface area contributed by atoms with Crippen LogP contribution in [0.25, 0.3) is 0 Å². The van der Waals surface area contributed by atoms with Crippen molar-refractivity contribution < 1.29 is 13.2 Å². The number of carbonyl (C=O) groups is 1. The molecule has 0 aromatic heterocycles. The van der Waals surface area contributed by atoms with E-state index in [1.807, 2.05) is 6.92 Å². The fourth-order valence-corrected chi connectivity index (χ4v) is 5.12. The smallest absolute Gasteiger partial charge is 0.261 e. The number of amides is 1. The van der Waals surface area contributed by atoms with Gasteiger partial charge in [0.05, 0.1) is 10.6 Å². The van der Waals surface area contributed by atoms with Crippen molar-refractivity contribution in [2.75, 3.05) is 11.3 Å². The highest BCUT2D eigenvalue weighted by atomic mass is 32.2. The second kappa shape index (κ2) is 10.1. The highest BCUT2D eigenvalue weighted by Crippen LogP contribution is 2.25. The molecule has 6 heteroatoms. The summed E-state index contributed by atoms with van der Waals surface area (Å²) >= 11 is 0. The lowest BCUT2D eigenvalue weighted by molar-refractivity contribution is 0.0951. The largest absolute Gasteiger partial charge is 0.352 e. The predicted molar refractivity (Wildman–Crippen MR) is 121 cm³/mol. The summed E-state index contributed by atoms with van der Waals surface area (Å²) in [5.74, 6) is 0.604. The molecule has 1 fully saturated rings. The van der Waals surface area contributed by atoms with Gasteiger partial charge in [-0.3, -0.25) is 9.52 Å². The van der Waals surface area contributed by atoms with E-state index in [2.05, 4.69) is 10.0 Å². The predicted octanol–water partition coefficient (Wildman–Crippen LogP) is 5.19. The lowest BCUT2D eigenvalue weighted by atomic mass is 9.97. The molecule has 0 aliphatic heterocycles. The summed E-state index contributed by atoms with van der Waals surface area (Å²) in [6.07, 6.45) is 8.84. The number of anilines is 1. The van der Waals surface area contributed by atoms with Crippen molar-refractivity contribution >= 4 is 21.6 Å². The first kappa shape index (κ1) is 22.3. The molecule has 0 spiro atoms. The van der Waals surface area contributed by atoms with Gasteiger partial charge in [0.1, 0.15) is 0 Å². The molecule has 0 atom stereocenters. The Morgan fingerprint density at radius 1 is 0.967 bits per heavy atom. The van der Waals surface area contributed by atoms with E-state index in [-0.39, 0.29) is 10.8 Å². The third-order valence-corrected chi connectivity index (χ3v) is 7.26. The van der Waals surface area contributed by atoms with Gasteiger partial charge in [0.2, 0.25) is 0 Å². The third kappa shape index (κ3) is 6.08. The molecule has 0 bridgehead atoms. The second-order valence-electron chi connectivity index (χ2n) is 8.35. The van der Waals surface area contributed by atoms with E-state index in [0.29, 0.717) is 29.3 Å². The maximum Gasteiger partial charge on any atom is 0.261 e. The normalized spacial score (nSPS) is 15.4. The van der Waals surface area contributed by atoms with Crippen molar-refractivity contribution in [2.45, 2.75) is 63.7 Å². The first-order valence-corrected chi connectivity index (χ1v) is 12.3. The van der Waals surface area contributed by atoms with Gasteiger partial charge in [-0.2, -0.15) is 0 Å². The first-order valence-electron chi connectivity index (χ1n) is 10.8. The van der Waals surface area contributed by atoms with Gasteiger partial charge in [-0.25, -0.2) is 8.42 Å². The highest BCUT2D eigenvalue weighted by Gasteiger charge is 2.17. The molecule has 30 heavy (non-hydrogen) atoms. The first-order chi connectivity index (χ1) is 14.3. The Bertz CT molecular complexity index is 960. The van der Waals surface area contributed by atoms with Crippen LogP contribution in [0.1, 0.15) is 66.4 Å². The van der Waals surface area contributed by atoms with Crippen LogP contribution in [0.2, 0.25) is 0 Å². The highest BCUT2D eigenvalue weighted by molar-refractivity contribution is 7.92. The van der Waals surface area contributed by atoms with Gasteiger partial charge in [-0.05, 0) is 62.1 Å². The van der Waals surface area contributed by atoms with E-state index in [0.717, 1.165) is 12.0 Å². The SMILES string of the molecule is Cc1ccc(S(=O)(=O)Nc2ccc(C(=O)NCCC3CCCCCC3)cc2C)cc1. The summed E-state index contributed by atoms with van der Waals surface area (Å²) in [5.41, 5.74) is 2.74. The van der Waals surface area contributed by atoms with E-state index >= 15 is 0 Å². The average molecular weight is 429 g/mol. The molecule has 0 heterocycles. The van der Waals surface area contributed by atoms with E-state index in [4.69, 9.17) is 0 Å². The van der Waals surface area contributed by atoms with Crippen LogP contribution in [-0.4, -0.2) is 20.9 Å². The second-order valence-corrected chi connectivity index (χ2v) is 10.0. The van der Waals surface area contributed by atoms with Crippen molar-refractivity contribution in [3.8, 4) is 0 Å². The summed E-state index contributed by atoms with van der Waals surface area (Å²) in [6, 6.07) is 11.8. The van der Waals surface area contributed by atoms with Gasteiger partial charge in [0.25, 0.3) is 15.9 Å². The molecule has 2 N–H and O–H groups in total. The van der Waals surface area contributed by atoms with E-state index in [1.54, 1.807) is 49.4 Å². The molecule has 5 nitrogen and oxygen atoms in total. The standard InChI is InChI=1S/C24H32N2O3S/c1-18-9-12-22(13-10-18)30(28,29)26-23-14-11-21(17-19(23)2)24(27)25-16-15-20-7-5-3-4-6-8-20/h9-14,17,20,26H,3-8,15-16H2,1-2H3,(H,25,27). The summed E-state index contributed by atoms with van der Waals surface area (Å²) in [4.78, 5) is 12.7. The summed E-state index contributed by atoms with van der Waals surface area (Å²) in [6.45, 7) is 4.40. The number of hydrogen-bond donors (Lipinski definition) is 2. The molecule has 1 amide bonds. The Labute approximate surface area is 180 Å². The van der Waals surface area contributed by atoms with E-state index in [9.17, 15) is 13.2 Å². The summed E-state index contributed by atoms with van der Waals surface area (Å²) in [7, 11) is -3.67. The monoisotopic (exact) mass is 428 g/mol. The van der Waals surface area contributed by atoms with Crippen LogP contribution < -0.4 is 10.0 Å². The zero-order valence-corrected chi connectivity index (χ0v) is 18.7. The molecule has 2 aromatic rings. The molecule has 162 valence electrons. The van der Waals surface area contributed by atoms with Crippen LogP contribution in [0.15, 0.2) is 47.4 Å². The molecular weight excluding hydrogens is 396 g/mol. The lowest BCUT2D eigenvalue weighted by Gasteiger charge is -2.15. The Morgan fingerprint density at radius 3 is 2.27 bits per heavy atom. The number of benzene rings is 2. The topological polar surface area (TPSA) is 75.3 Å². The minimum Gasteiger partial charge on any atom is -0.352 e. The van der Waals surface area contributed by atoms with Crippen molar-refractivity contribution in [1.82, 2.24) is 5.32 Å². The van der Waals surface area contributed by atoms with Crippen molar-refractivity contribution in [3.63, 3.8) is 0 Å². The number of carbonyl (C=O) groups excluding carboxylic acids is 1. The number of sulfonamides is 1. The van der Waals surface area contributed by atoms with Crippen LogP contribution in [0.4, 0.5) is 5.69 Å². The van der Waals surface area contributed by atoms with Gasteiger partial charge < -0.3 is 5.32 Å². The Kier molecular flexibility index (Phi) is 7.53. The lowest BCUT2D eigenvalue weighted by Crippen LogP contribution is -2.26. The van der Waals surface area contributed by atoms with Crippen LogP contribution in [0, 0.1) is 19.8 Å². The fraction of sp³-hybridized carbons (Fsp3) is 0.458. The quantitative estimate of drug-likeness (QED) is 0.596. The van der Waals surface area contributed by atoms with Crippen LogP contribution in [0.5, 0.6) is 0 Å². The van der Waals surface area contributed by atoms with Gasteiger partial charge in [0.15, 0.2) is 0 Å².